The van der Waals surface area contributed by atoms with E-state index in [1.165, 1.54) is 38.4 Å². The van der Waals surface area contributed by atoms with Crippen LogP contribution in [0.1, 0.15) is 39.0 Å². The summed E-state index contributed by atoms with van der Waals surface area (Å²) < 4.78 is 20.3. The molecule has 0 heterocycles. The smallest absolute Gasteiger partial charge is 0.111 e. The second kappa shape index (κ2) is 16.1. The Labute approximate surface area is 123 Å². The molecule has 0 spiro atoms. The molecular weight excluding hydrogens is 256 g/mol. The third kappa shape index (κ3) is 13.4. The topological polar surface area (TPSA) is 36.9 Å². The van der Waals surface area contributed by atoms with Crippen LogP contribution in [0, 0.1) is 0 Å². The average molecular weight is 286 g/mol. The monoisotopic (exact) mass is 286 g/mol. The van der Waals surface area contributed by atoms with Crippen molar-refractivity contribution in [3.8, 4) is 0 Å². The van der Waals surface area contributed by atoms with Crippen LogP contribution in [-0.4, -0.2) is 39.1 Å². The molecule has 118 valence electrons. The molecule has 4 heteroatoms. The molecule has 0 unspecified atom stereocenters. The first kappa shape index (κ1) is 19.0. The summed E-state index contributed by atoms with van der Waals surface area (Å²) in [6, 6.07) is 0. The minimum absolute atomic E-state index is 0.483. The van der Waals surface area contributed by atoms with Crippen LogP contribution < -0.4 is 0 Å². The molecule has 4 nitrogen and oxygen atoms in total. The van der Waals surface area contributed by atoms with E-state index in [1.807, 2.05) is 6.92 Å². The standard InChI is InChI=1S/C8H16O3.C8H14O/c1-3-9-5-7-11-8-6-10-4-2;1-2-9-8-6-4-3-5-7-8/h3H,1,4-8H2,2H3;2,8H,1,3-7H2. The van der Waals surface area contributed by atoms with Crippen LogP contribution in [0.3, 0.4) is 0 Å². The van der Waals surface area contributed by atoms with E-state index in [4.69, 9.17) is 18.9 Å². The first-order valence-corrected chi connectivity index (χ1v) is 7.49. The Morgan fingerprint density at radius 3 is 2.15 bits per heavy atom. The van der Waals surface area contributed by atoms with Crippen LogP contribution >= 0.6 is 0 Å². The summed E-state index contributed by atoms with van der Waals surface area (Å²) >= 11 is 0. The van der Waals surface area contributed by atoms with Crippen molar-refractivity contribution in [2.75, 3.05) is 33.0 Å². The van der Waals surface area contributed by atoms with Gasteiger partial charge in [0.1, 0.15) is 6.61 Å². The second-order valence-electron chi connectivity index (χ2n) is 4.41. The molecule has 0 saturated heterocycles. The van der Waals surface area contributed by atoms with Gasteiger partial charge < -0.3 is 18.9 Å². The van der Waals surface area contributed by atoms with Gasteiger partial charge in [0.15, 0.2) is 0 Å². The summed E-state index contributed by atoms with van der Waals surface area (Å²) in [5.74, 6) is 0. The van der Waals surface area contributed by atoms with Gasteiger partial charge in [0.25, 0.3) is 0 Å². The van der Waals surface area contributed by atoms with E-state index in [0.717, 1.165) is 6.61 Å². The van der Waals surface area contributed by atoms with Crippen LogP contribution in [0.2, 0.25) is 0 Å². The fraction of sp³-hybridized carbons (Fsp3) is 0.750. The van der Waals surface area contributed by atoms with Crippen LogP contribution in [-0.2, 0) is 18.9 Å². The summed E-state index contributed by atoms with van der Waals surface area (Å²) in [6.07, 6.45) is 9.96. The summed E-state index contributed by atoms with van der Waals surface area (Å²) in [7, 11) is 0. The predicted octanol–water partition coefficient (Wildman–Crippen LogP) is 3.68. The number of ether oxygens (including phenoxy) is 4. The van der Waals surface area contributed by atoms with Crippen LogP contribution in [0.4, 0.5) is 0 Å². The van der Waals surface area contributed by atoms with E-state index in [-0.39, 0.29) is 0 Å². The molecule has 0 bridgehead atoms. The zero-order chi connectivity index (χ0) is 14.9. The van der Waals surface area contributed by atoms with Gasteiger partial charge in [-0.2, -0.15) is 0 Å². The van der Waals surface area contributed by atoms with E-state index in [2.05, 4.69) is 13.2 Å². The van der Waals surface area contributed by atoms with Crippen molar-refractivity contribution in [3.63, 3.8) is 0 Å². The summed E-state index contributed by atoms with van der Waals surface area (Å²) in [6.45, 7) is 12.1. The Balaban J connectivity index is 0.000000367. The van der Waals surface area contributed by atoms with E-state index in [9.17, 15) is 0 Å². The predicted molar refractivity (Wildman–Crippen MR) is 81.6 cm³/mol. The van der Waals surface area contributed by atoms with E-state index < -0.39 is 0 Å². The lowest BCUT2D eigenvalue weighted by Gasteiger charge is -2.20. The molecule has 0 amide bonds. The maximum atomic E-state index is 5.25. The van der Waals surface area contributed by atoms with E-state index in [1.54, 1.807) is 6.26 Å². The van der Waals surface area contributed by atoms with Crippen LogP contribution in [0.25, 0.3) is 0 Å². The molecule has 0 atom stereocenters. The van der Waals surface area contributed by atoms with Gasteiger partial charge in [-0.3, -0.25) is 0 Å². The molecule has 1 aliphatic carbocycles. The zero-order valence-corrected chi connectivity index (χ0v) is 12.9. The highest BCUT2D eigenvalue weighted by molar-refractivity contribution is 4.67. The summed E-state index contributed by atoms with van der Waals surface area (Å²) in [5.41, 5.74) is 0. The van der Waals surface area contributed by atoms with Crippen molar-refractivity contribution in [2.24, 2.45) is 0 Å². The lowest BCUT2D eigenvalue weighted by molar-refractivity contribution is 0.0343. The lowest BCUT2D eigenvalue weighted by atomic mass is 9.98. The maximum Gasteiger partial charge on any atom is 0.111 e. The van der Waals surface area contributed by atoms with Crippen LogP contribution in [0.5, 0.6) is 0 Å². The van der Waals surface area contributed by atoms with Crippen molar-refractivity contribution < 1.29 is 18.9 Å². The minimum atomic E-state index is 0.483. The summed E-state index contributed by atoms with van der Waals surface area (Å²) in [5, 5.41) is 0. The Kier molecular flexibility index (Phi) is 15.3. The molecule has 1 rings (SSSR count). The molecule has 0 N–H and O–H groups in total. The highest BCUT2D eigenvalue weighted by Gasteiger charge is 2.11. The van der Waals surface area contributed by atoms with E-state index >= 15 is 0 Å². The highest BCUT2D eigenvalue weighted by Crippen LogP contribution is 2.19. The summed E-state index contributed by atoms with van der Waals surface area (Å²) in [4.78, 5) is 0. The van der Waals surface area contributed by atoms with Crippen molar-refractivity contribution >= 4 is 0 Å². The Morgan fingerprint density at radius 1 is 0.900 bits per heavy atom. The van der Waals surface area contributed by atoms with Gasteiger partial charge in [0, 0.05) is 6.61 Å². The lowest BCUT2D eigenvalue weighted by Crippen LogP contribution is -2.13. The van der Waals surface area contributed by atoms with Gasteiger partial charge in [-0.05, 0) is 32.6 Å². The zero-order valence-electron chi connectivity index (χ0n) is 12.9. The quantitative estimate of drug-likeness (QED) is 0.453. The van der Waals surface area contributed by atoms with Crippen molar-refractivity contribution in [3.05, 3.63) is 25.7 Å². The Bertz CT molecular complexity index is 213. The fourth-order valence-corrected chi connectivity index (χ4v) is 1.89. The van der Waals surface area contributed by atoms with Gasteiger partial charge in [0.05, 0.1) is 38.4 Å². The molecule has 0 radical (unpaired) electrons. The molecule has 0 aromatic rings. The first-order chi connectivity index (χ1) is 9.85. The maximum absolute atomic E-state index is 5.25. The molecular formula is C16H30O4. The Hall–Kier alpha value is -1.00. The number of rotatable bonds is 10. The Morgan fingerprint density at radius 2 is 1.55 bits per heavy atom. The molecule has 0 aromatic heterocycles. The van der Waals surface area contributed by atoms with Gasteiger partial charge in [0.2, 0.25) is 0 Å². The molecule has 0 aromatic carbocycles. The molecule has 0 aliphatic heterocycles. The third-order valence-corrected chi connectivity index (χ3v) is 2.88. The van der Waals surface area contributed by atoms with Crippen molar-refractivity contribution in [1.29, 1.82) is 0 Å². The third-order valence-electron chi connectivity index (χ3n) is 2.88. The second-order valence-corrected chi connectivity index (χ2v) is 4.41. The SMILES string of the molecule is C=COC1CCCCC1.C=COCCOCCOCC. The van der Waals surface area contributed by atoms with Crippen molar-refractivity contribution in [2.45, 2.75) is 45.1 Å². The van der Waals surface area contributed by atoms with Crippen molar-refractivity contribution in [1.82, 2.24) is 0 Å². The fourth-order valence-electron chi connectivity index (χ4n) is 1.89. The molecule has 1 saturated carbocycles. The number of hydrogen-bond acceptors (Lipinski definition) is 4. The van der Waals surface area contributed by atoms with E-state index in [0.29, 0.717) is 32.5 Å². The molecule has 20 heavy (non-hydrogen) atoms. The number of hydrogen-bond donors (Lipinski definition) is 0. The largest absolute Gasteiger partial charge is 0.499 e. The van der Waals surface area contributed by atoms with Gasteiger partial charge in [-0.25, -0.2) is 0 Å². The molecule has 1 aliphatic rings. The van der Waals surface area contributed by atoms with Gasteiger partial charge >= 0.3 is 0 Å². The average Bonchev–Trinajstić information content (AvgIpc) is 2.49. The van der Waals surface area contributed by atoms with Crippen LogP contribution in [0.15, 0.2) is 25.7 Å². The minimum Gasteiger partial charge on any atom is -0.499 e. The molecule has 1 fully saturated rings. The highest BCUT2D eigenvalue weighted by atomic mass is 16.5. The van der Waals surface area contributed by atoms with Gasteiger partial charge in [-0.1, -0.05) is 19.6 Å². The first-order valence-electron chi connectivity index (χ1n) is 7.49. The normalized spacial score (nSPS) is 14.8. The van der Waals surface area contributed by atoms with Gasteiger partial charge in [-0.15, -0.1) is 0 Å².